The van der Waals surface area contributed by atoms with Crippen molar-refractivity contribution in [3.8, 4) is 0 Å². The highest BCUT2D eigenvalue weighted by Gasteiger charge is 2.22. The summed E-state index contributed by atoms with van der Waals surface area (Å²) in [6, 6.07) is 2.98. The van der Waals surface area contributed by atoms with Gasteiger partial charge in [0.1, 0.15) is 0 Å². The first-order valence-electron chi connectivity index (χ1n) is 6.76. The molecular weight excluding hydrogens is 242 g/mol. The van der Waals surface area contributed by atoms with Crippen LogP contribution in [0.5, 0.6) is 0 Å². The summed E-state index contributed by atoms with van der Waals surface area (Å²) in [7, 11) is 0. The van der Waals surface area contributed by atoms with Crippen molar-refractivity contribution in [3.63, 3.8) is 0 Å². The lowest BCUT2D eigenvalue weighted by Gasteiger charge is -2.35. The summed E-state index contributed by atoms with van der Waals surface area (Å²) >= 11 is 0. The SMILES string of the molecule is CC(C)CN1CCN(C(=O)c2ccc(=O)[nH]c2)CC1. The third-order valence-corrected chi connectivity index (χ3v) is 3.31. The molecule has 0 saturated carbocycles. The number of pyridine rings is 1. The van der Waals surface area contributed by atoms with Gasteiger partial charge in [0.15, 0.2) is 0 Å². The lowest BCUT2D eigenvalue weighted by atomic mass is 10.1. The zero-order valence-corrected chi connectivity index (χ0v) is 11.6. The van der Waals surface area contributed by atoms with E-state index in [9.17, 15) is 9.59 Å². The number of piperazine rings is 1. The Kier molecular flexibility index (Phi) is 4.37. The summed E-state index contributed by atoms with van der Waals surface area (Å²) in [5, 5.41) is 0. The van der Waals surface area contributed by atoms with Crippen molar-refractivity contribution in [2.75, 3.05) is 32.7 Å². The Morgan fingerprint density at radius 2 is 1.95 bits per heavy atom. The minimum atomic E-state index is -0.182. The molecule has 2 heterocycles. The van der Waals surface area contributed by atoms with Crippen LogP contribution in [-0.2, 0) is 0 Å². The van der Waals surface area contributed by atoms with E-state index in [0.717, 1.165) is 32.7 Å². The molecule has 104 valence electrons. The molecule has 0 radical (unpaired) electrons. The minimum Gasteiger partial charge on any atom is -0.336 e. The van der Waals surface area contributed by atoms with Gasteiger partial charge in [-0.2, -0.15) is 0 Å². The molecule has 1 aromatic heterocycles. The second-order valence-corrected chi connectivity index (χ2v) is 5.43. The third-order valence-electron chi connectivity index (χ3n) is 3.31. The molecule has 5 nitrogen and oxygen atoms in total. The number of hydrogen-bond acceptors (Lipinski definition) is 3. The van der Waals surface area contributed by atoms with Crippen LogP contribution in [0.2, 0.25) is 0 Å². The van der Waals surface area contributed by atoms with Gasteiger partial charge >= 0.3 is 0 Å². The molecular formula is C14H21N3O2. The molecule has 1 aliphatic rings. The Hall–Kier alpha value is -1.62. The van der Waals surface area contributed by atoms with E-state index in [-0.39, 0.29) is 11.5 Å². The van der Waals surface area contributed by atoms with Crippen LogP contribution in [0.3, 0.4) is 0 Å². The number of carbonyl (C=O) groups is 1. The molecule has 0 aliphatic carbocycles. The number of aromatic nitrogens is 1. The highest BCUT2D eigenvalue weighted by Crippen LogP contribution is 2.08. The van der Waals surface area contributed by atoms with Crippen LogP contribution < -0.4 is 5.56 Å². The van der Waals surface area contributed by atoms with Crippen LogP contribution in [0, 0.1) is 5.92 Å². The van der Waals surface area contributed by atoms with Crippen molar-refractivity contribution in [1.82, 2.24) is 14.8 Å². The summed E-state index contributed by atoms with van der Waals surface area (Å²) < 4.78 is 0. The highest BCUT2D eigenvalue weighted by atomic mass is 16.2. The monoisotopic (exact) mass is 263 g/mol. The average Bonchev–Trinajstić information content (AvgIpc) is 2.39. The standard InChI is InChI=1S/C14H21N3O2/c1-11(2)10-16-5-7-17(8-6-16)14(19)12-3-4-13(18)15-9-12/h3-4,9,11H,5-8,10H2,1-2H3,(H,15,18). The molecule has 0 bridgehead atoms. The number of nitrogens with zero attached hydrogens (tertiary/aromatic N) is 2. The smallest absolute Gasteiger partial charge is 0.255 e. The lowest BCUT2D eigenvalue weighted by molar-refractivity contribution is 0.0623. The normalized spacial score (nSPS) is 16.9. The third kappa shape index (κ3) is 3.67. The van der Waals surface area contributed by atoms with Crippen LogP contribution in [0.25, 0.3) is 0 Å². The maximum absolute atomic E-state index is 12.2. The average molecular weight is 263 g/mol. The van der Waals surface area contributed by atoms with Gasteiger partial charge in [-0.25, -0.2) is 0 Å². The van der Waals surface area contributed by atoms with Gasteiger partial charge in [-0.05, 0) is 12.0 Å². The second kappa shape index (κ2) is 6.02. The minimum absolute atomic E-state index is 0.000414. The quantitative estimate of drug-likeness (QED) is 0.877. The number of nitrogens with one attached hydrogen (secondary N) is 1. The number of hydrogen-bond donors (Lipinski definition) is 1. The fourth-order valence-corrected chi connectivity index (χ4v) is 2.38. The predicted octanol–water partition coefficient (Wildman–Crippen LogP) is 0.789. The van der Waals surface area contributed by atoms with Gasteiger partial charge in [-0.15, -0.1) is 0 Å². The largest absolute Gasteiger partial charge is 0.336 e. The number of aromatic amines is 1. The zero-order valence-electron chi connectivity index (χ0n) is 11.6. The number of rotatable bonds is 3. The second-order valence-electron chi connectivity index (χ2n) is 5.43. The summed E-state index contributed by atoms with van der Waals surface area (Å²) in [5.74, 6) is 0.655. The summed E-state index contributed by atoms with van der Waals surface area (Å²) in [6.07, 6.45) is 1.49. The molecule has 1 N–H and O–H groups in total. The van der Waals surface area contributed by atoms with Crippen molar-refractivity contribution in [3.05, 3.63) is 34.2 Å². The fraction of sp³-hybridized carbons (Fsp3) is 0.571. The van der Waals surface area contributed by atoms with E-state index in [0.29, 0.717) is 11.5 Å². The molecule has 0 unspecified atom stereocenters. The topological polar surface area (TPSA) is 56.4 Å². The first kappa shape index (κ1) is 13.8. The van der Waals surface area contributed by atoms with Gasteiger partial charge in [-0.3, -0.25) is 14.5 Å². The van der Waals surface area contributed by atoms with E-state index in [1.165, 1.54) is 12.3 Å². The van der Waals surface area contributed by atoms with Crippen molar-refractivity contribution >= 4 is 5.91 Å². The van der Waals surface area contributed by atoms with Gasteiger partial charge in [-0.1, -0.05) is 13.8 Å². The van der Waals surface area contributed by atoms with Gasteiger partial charge in [0, 0.05) is 45.0 Å². The van der Waals surface area contributed by atoms with Crippen LogP contribution in [0.1, 0.15) is 24.2 Å². The van der Waals surface area contributed by atoms with Crippen LogP contribution >= 0.6 is 0 Å². The van der Waals surface area contributed by atoms with Crippen LogP contribution in [0.15, 0.2) is 23.1 Å². The predicted molar refractivity (Wildman–Crippen MR) is 74.2 cm³/mol. The maximum atomic E-state index is 12.2. The molecule has 0 spiro atoms. The van der Waals surface area contributed by atoms with Gasteiger partial charge in [0.05, 0.1) is 5.56 Å². The van der Waals surface area contributed by atoms with Gasteiger partial charge in [0.2, 0.25) is 5.56 Å². The summed E-state index contributed by atoms with van der Waals surface area (Å²) in [5.41, 5.74) is 0.371. The van der Waals surface area contributed by atoms with E-state index >= 15 is 0 Å². The van der Waals surface area contributed by atoms with Gasteiger partial charge < -0.3 is 9.88 Å². The van der Waals surface area contributed by atoms with E-state index in [2.05, 4.69) is 23.7 Å². The first-order valence-corrected chi connectivity index (χ1v) is 6.76. The number of H-pyrrole nitrogens is 1. The molecule has 5 heteroatoms. The van der Waals surface area contributed by atoms with E-state index in [4.69, 9.17) is 0 Å². The Morgan fingerprint density at radius 3 is 2.47 bits per heavy atom. The first-order chi connectivity index (χ1) is 9.06. The van der Waals surface area contributed by atoms with Gasteiger partial charge in [0.25, 0.3) is 5.91 Å². The van der Waals surface area contributed by atoms with Crippen molar-refractivity contribution < 1.29 is 4.79 Å². The van der Waals surface area contributed by atoms with E-state index in [1.807, 2.05) is 4.90 Å². The molecule has 0 atom stereocenters. The highest BCUT2D eigenvalue weighted by molar-refractivity contribution is 5.93. The maximum Gasteiger partial charge on any atom is 0.255 e. The molecule has 2 rings (SSSR count). The molecule has 1 aliphatic heterocycles. The summed E-state index contributed by atoms with van der Waals surface area (Å²) in [4.78, 5) is 30.0. The van der Waals surface area contributed by atoms with Crippen molar-refractivity contribution in [2.24, 2.45) is 5.92 Å². The van der Waals surface area contributed by atoms with Crippen LogP contribution in [-0.4, -0.2) is 53.4 Å². The Labute approximate surface area is 113 Å². The van der Waals surface area contributed by atoms with E-state index < -0.39 is 0 Å². The number of amides is 1. The van der Waals surface area contributed by atoms with Crippen molar-refractivity contribution in [1.29, 1.82) is 0 Å². The molecule has 19 heavy (non-hydrogen) atoms. The lowest BCUT2D eigenvalue weighted by Crippen LogP contribution is -2.49. The molecule has 1 saturated heterocycles. The van der Waals surface area contributed by atoms with E-state index in [1.54, 1.807) is 6.07 Å². The molecule has 1 fully saturated rings. The molecule has 1 amide bonds. The zero-order chi connectivity index (χ0) is 13.8. The van der Waals surface area contributed by atoms with Crippen molar-refractivity contribution in [2.45, 2.75) is 13.8 Å². The summed E-state index contributed by atoms with van der Waals surface area (Å²) in [6.45, 7) is 8.85. The van der Waals surface area contributed by atoms with Crippen LogP contribution in [0.4, 0.5) is 0 Å². The Morgan fingerprint density at radius 1 is 1.26 bits per heavy atom. The molecule has 1 aromatic rings. The Bertz CT molecular complexity index is 467. The Balaban J connectivity index is 1.92. The molecule has 0 aromatic carbocycles. The fourth-order valence-electron chi connectivity index (χ4n) is 2.38. The number of carbonyl (C=O) groups excluding carboxylic acids is 1.